The van der Waals surface area contributed by atoms with E-state index >= 15 is 0 Å². The summed E-state index contributed by atoms with van der Waals surface area (Å²) in [5.41, 5.74) is 1.91. The number of aryl methyl sites for hydroxylation is 1. The van der Waals surface area contributed by atoms with Gasteiger partial charge >= 0.3 is 0 Å². The molecule has 4 heterocycles. The largest absolute Gasteiger partial charge is 0.394 e. The van der Waals surface area contributed by atoms with Crippen molar-refractivity contribution < 1.29 is 9.32 Å². The number of aliphatic hydroxyl groups is 1. The number of anilines is 2. The number of halogens is 1. The molecule has 0 unspecified atom stereocenters. The molecule has 5 rings (SSSR count). The molecule has 2 N–H and O–H groups in total. The van der Waals surface area contributed by atoms with Crippen molar-refractivity contribution in [2.45, 2.75) is 54.9 Å². The summed E-state index contributed by atoms with van der Waals surface area (Å²) in [6, 6.07) is 2.16. The number of aliphatic hydroxyl groups excluding tert-OH is 1. The number of piperidine rings is 1. The fourth-order valence-electron chi connectivity index (χ4n) is 4.67. The van der Waals surface area contributed by atoms with Gasteiger partial charge in [0.25, 0.3) is 0 Å². The fourth-order valence-corrected chi connectivity index (χ4v) is 6.14. The van der Waals surface area contributed by atoms with Crippen LogP contribution in [0.5, 0.6) is 0 Å². The van der Waals surface area contributed by atoms with Crippen molar-refractivity contribution in [2.24, 2.45) is 0 Å². The zero-order chi connectivity index (χ0) is 20.7. The van der Waals surface area contributed by atoms with Gasteiger partial charge in [0.2, 0.25) is 5.95 Å². The average molecular weight is 448 g/mol. The van der Waals surface area contributed by atoms with Gasteiger partial charge in [-0.15, -0.1) is 0 Å². The van der Waals surface area contributed by atoms with Gasteiger partial charge in [-0.2, -0.15) is 0 Å². The monoisotopic (exact) mass is 447 g/mol. The lowest BCUT2D eigenvalue weighted by molar-refractivity contribution is 0.143. The number of rotatable bonds is 5. The van der Waals surface area contributed by atoms with Crippen LogP contribution < -0.4 is 10.2 Å². The Morgan fingerprint density at radius 3 is 2.63 bits per heavy atom. The van der Waals surface area contributed by atoms with Crippen molar-refractivity contribution in [3.63, 3.8) is 0 Å². The summed E-state index contributed by atoms with van der Waals surface area (Å²) in [4.78, 5) is 16.7. The molecule has 0 aromatic carbocycles. The zero-order valence-corrected chi connectivity index (χ0v) is 18.4. The lowest BCUT2D eigenvalue weighted by Crippen LogP contribution is -2.48. The van der Waals surface area contributed by atoms with Gasteiger partial charge in [0.15, 0.2) is 0 Å². The third-order valence-electron chi connectivity index (χ3n) is 6.65. The second-order valence-electron chi connectivity index (χ2n) is 8.56. The summed E-state index contributed by atoms with van der Waals surface area (Å²) in [5.74, 6) is 2.45. The number of hydrogen-bond donors (Lipinski definition) is 2. The molecule has 2 aliphatic heterocycles. The van der Waals surface area contributed by atoms with E-state index in [4.69, 9.17) is 16.6 Å². The minimum Gasteiger partial charge on any atom is -0.394 e. The van der Waals surface area contributed by atoms with Crippen LogP contribution in [0.4, 0.5) is 11.8 Å². The van der Waals surface area contributed by atoms with Crippen molar-refractivity contribution in [3.8, 4) is 0 Å². The van der Waals surface area contributed by atoms with Crippen LogP contribution in [-0.2, 0) is 17.2 Å². The Kier molecular flexibility index (Phi) is 5.41. The van der Waals surface area contributed by atoms with Crippen LogP contribution in [0.3, 0.4) is 0 Å². The minimum absolute atomic E-state index is 0.0831. The molecule has 0 bridgehead atoms. The Morgan fingerprint density at radius 2 is 2.00 bits per heavy atom. The Balaban J connectivity index is 1.37. The Hall–Kier alpha value is -1.77. The molecule has 0 spiro atoms. The standard InChI is InChI=1S/C21H26ClN5O2S/c22-16-11-23-20(24-12-16)27-7-2-14(3-8-27)17-10-15-4-9-30(29)18(15)19(25-17)26-21(13-28)5-1-6-21/h10-12,14,28H,1-9,13H2,(H,25,26)/t30-/m1/s1. The fraction of sp³-hybridized carbons (Fsp3) is 0.571. The Labute approximate surface area is 183 Å². The second-order valence-corrected chi connectivity index (χ2v) is 10.5. The molecule has 1 saturated carbocycles. The highest BCUT2D eigenvalue weighted by Gasteiger charge is 2.39. The molecule has 30 heavy (non-hydrogen) atoms. The molecule has 1 atom stereocenters. The lowest BCUT2D eigenvalue weighted by Gasteiger charge is -2.42. The maximum Gasteiger partial charge on any atom is 0.225 e. The molecule has 1 aliphatic carbocycles. The van der Waals surface area contributed by atoms with Crippen LogP contribution in [0.1, 0.15) is 49.3 Å². The van der Waals surface area contributed by atoms with E-state index in [-0.39, 0.29) is 12.1 Å². The predicted octanol–water partition coefficient (Wildman–Crippen LogP) is 2.90. The maximum absolute atomic E-state index is 12.6. The molecule has 3 aliphatic rings. The summed E-state index contributed by atoms with van der Waals surface area (Å²) in [6.07, 6.45) is 8.98. The van der Waals surface area contributed by atoms with E-state index in [1.807, 2.05) is 0 Å². The maximum atomic E-state index is 12.6. The van der Waals surface area contributed by atoms with Gasteiger partial charge in [-0.25, -0.2) is 15.0 Å². The minimum atomic E-state index is -1.01. The summed E-state index contributed by atoms with van der Waals surface area (Å²) in [5, 5.41) is 13.9. The Morgan fingerprint density at radius 1 is 1.27 bits per heavy atom. The van der Waals surface area contributed by atoms with Crippen LogP contribution in [0.15, 0.2) is 23.4 Å². The molecule has 160 valence electrons. The first kappa shape index (κ1) is 20.2. The number of aromatic nitrogens is 3. The Bertz CT molecular complexity index is 953. The summed E-state index contributed by atoms with van der Waals surface area (Å²) in [6.45, 7) is 1.81. The topological polar surface area (TPSA) is 91.2 Å². The molecule has 2 aromatic rings. The van der Waals surface area contributed by atoms with Gasteiger partial charge in [-0.3, -0.25) is 4.21 Å². The normalized spacial score (nSPS) is 23.1. The molecule has 0 radical (unpaired) electrons. The summed E-state index contributed by atoms with van der Waals surface area (Å²) in [7, 11) is -1.01. The van der Waals surface area contributed by atoms with Gasteiger partial charge in [0.1, 0.15) is 5.82 Å². The van der Waals surface area contributed by atoms with Crippen LogP contribution in [0, 0.1) is 0 Å². The first-order chi connectivity index (χ1) is 14.6. The predicted molar refractivity (Wildman–Crippen MR) is 118 cm³/mol. The van der Waals surface area contributed by atoms with E-state index in [9.17, 15) is 9.32 Å². The molecule has 1 saturated heterocycles. The number of fused-ring (bicyclic) bond motifs is 1. The molecule has 0 amide bonds. The molecule has 7 nitrogen and oxygen atoms in total. The lowest BCUT2D eigenvalue weighted by atomic mass is 9.77. The number of nitrogens with zero attached hydrogens (tertiary/aromatic N) is 4. The quantitative estimate of drug-likeness (QED) is 0.728. The number of nitrogens with one attached hydrogen (secondary N) is 1. The molecular weight excluding hydrogens is 422 g/mol. The highest BCUT2D eigenvalue weighted by molar-refractivity contribution is 7.85. The number of pyridine rings is 1. The smallest absolute Gasteiger partial charge is 0.225 e. The van der Waals surface area contributed by atoms with E-state index in [1.54, 1.807) is 12.4 Å². The highest BCUT2D eigenvalue weighted by Crippen LogP contribution is 2.40. The van der Waals surface area contributed by atoms with E-state index in [2.05, 4.69) is 26.3 Å². The third kappa shape index (κ3) is 3.69. The van der Waals surface area contributed by atoms with E-state index < -0.39 is 10.8 Å². The molecular formula is C21H26ClN5O2S. The zero-order valence-electron chi connectivity index (χ0n) is 16.8. The van der Waals surface area contributed by atoms with Crippen molar-refractivity contribution in [3.05, 3.63) is 34.7 Å². The molecule has 2 aromatic heterocycles. The number of hydrogen-bond acceptors (Lipinski definition) is 7. The SMILES string of the molecule is O=[S@@]1CCc2cc(C3CCN(c4ncc(Cl)cn4)CC3)nc(NC3(CO)CCC3)c21. The van der Waals surface area contributed by atoms with Gasteiger partial charge in [0.05, 0.1) is 45.3 Å². The van der Waals surface area contributed by atoms with E-state index in [0.717, 1.165) is 73.6 Å². The van der Waals surface area contributed by atoms with Crippen LogP contribution in [0.25, 0.3) is 0 Å². The van der Waals surface area contributed by atoms with Gasteiger partial charge in [-0.05, 0) is 50.2 Å². The first-order valence-corrected chi connectivity index (χ1v) is 12.3. The van der Waals surface area contributed by atoms with E-state index in [1.165, 1.54) is 0 Å². The van der Waals surface area contributed by atoms with Crippen molar-refractivity contribution in [2.75, 3.05) is 35.7 Å². The highest BCUT2D eigenvalue weighted by atomic mass is 35.5. The van der Waals surface area contributed by atoms with E-state index in [0.29, 0.717) is 22.6 Å². The first-order valence-electron chi connectivity index (χ1n) is 10.6. The van der Waals surface area contributed by atoms with Crippen LogP contribution in [-0.4, -0.2) is 55.3 Å². The average Bonchev–Trinajstić information content (AvgIpc) is 3.12. The van der Waals surface area contributed by atoms with Gasteiger partial charge in [0, 0.05) is 30.5 Å². The van der Waals surface area contributed by atoms with Crippen molar-refractivity contribution in [1.82, 2.24) is 15.0 Å². The van der Waals surface area contributed by atoms with Crippen molar-refractivity contribution in [1.29, 1.82) is 0 Å². The summed E-state index contributed by atoms with van der Waals surface area (Å²) >= 11 is 5.90. The van der Waals surface area contributed by atoms with Crippen LogP contribution in [0.2, 0.25) is 5.02 Å². The second kappa shape index (κ2) is 8.05. The third-order valence-corrected chi connectivity index (χ3v) is 8.33. The summed E-state index contributed by atoms with van der Waals surface area (Å²) < 4.78 is 12.6. The van der Waals surface area contributed by atoms with Crippen LogP contribution >= 0.6 is 11.6 Å². The molecule has 2 fully saturated rings. The molecule has 9 heteroatoms. The van der Waals surface area contributed by atoms with Crippen molar-refractivity contribution >= 4 is 34.2 Å². The van der Waals surface area contributed by atoms with Gasteiger partial charge in [-0.1, -0.05) is 11.6 Å². The van der Waals surface area contributed by atoms with Gasteiger partial charge < -0.3 is 15.3 Å².